The minimum Gasteiger partial charge on any atom is -0.376 e. The molecule has 0 radical (unpaired) electrons. The van der Waals surface area contributed by atoms with Crippen LogP contribution in [0.5, 0.6) is 0 Å². The highest BCUT2D eigenvalue weighted by Gasteiger charge is 2.29. The van der Waals surface area contributed by atoms with Crippen molar-refractivity contribution >= 4 is 17.4 Å². The monoisotopic (exact) mass is 318 g/mol. The number of halogens is 1. The molecule has 0 heterocycles. The van der Waals surface area contributed by atoms with Crippen LogP contribution in [0.25, 0.3) is 0 Å². The minimum atomic E-state index is -0.526. The van der Waals surface area contributed by atoms with Gasteiger partial charge in [-0.2, -0.15) is 0 Å². The van der Waals surface area contributed by atoms with Crippen LogP contribution in [-0.2, 0) is 19.0 Å². The summed E-state index contributed by atoms with van der Waals surface area (Å²) >= 11 is 6.07. The zero-order chi connectivity index (χ0) is 15.7. The maximum Gasteiger partial charge on any atom is 0.177 e. The van der Waals surface area contributed by atoms with Crippen molar-refractivity contribution in [2.24, 2.45) is 5.92 Å². The molecule has 1 aliphatic rings. The molecular formula is C16H27ClO4. The summed E-state index contributed by atoms with van der Waals surface area (Å²) in [6, 6.07) is 0. The summed E-state index contributed by atoms with van der Waals surface area (Å²) in [7, 11) is 1.56. The van der Waals surface area contributed by atoms with Crippen molar-refractivity contribution in [3.63, 3.8) is 0 Å². The Bertz CT molecular complexity index is 311. The molecule has 0 amide bonds. The topological polar surface area (TPSA) is 44.8 Å². The molecule has 0 aromatic carbocycles. The highest BCUT2D eigenvalue weighted by atomic mass is 35.5. The van der Waals surface area contributed by atoms with Gasteiger partial charge in [0.2, 0.25) is 0 Å². The second kappa shape index (κ2) is 10.3. The van der Waals surface area contributed by atoms with Crippen molar-refractivity contribution < 1.29 is 19.0 Å². The lowest BCUT2D eigenvalue weighted by atomic mass is 9.84. The van der Waals surface area contributed by atoms with Gasteiger partial charge < -0.3 is 14.2 Å². The van der Waals surface area contributed by atoms with Gasteiger partial charge in [0.05, 0.1) is 12.7 Å². The molecule has 0 aromatic heterocycles. The lowest BCUT2D eigenvalue weighted by molar-refractivity contribution is -0.155. The molecular weight excluding hydrogens is 292 g/mol. The highest BCUT2D eigenvalue weighted by Crippen LogP contribution is 2.27. The van der Waals surface area contributed by atoms with E-state index in [1.165, 1.54) is 0 Å². The van der Waals surface area contributed by atoms with E-state index >= 15 is 0 Å². The molecule has 3 unspecified atom stereocenters. The van der Waals surface area contributed by atoms with Gasteiger partial charge in [-0.1, -0.05) is 13.0 Å². The van der Waals surface area contributed by atoms with E-state index in [9.17, 15) is 4.79 Å². The number of hydrogen-bond acceptors (Lipinski definition) is 4. The van der Waals surface area contributed by atoms with Crippen LogP contribution in [0.1, 0.15) is 39.0 Å². The Kier molecular flexibility index (Phi) is 9.16. The van der Waals surface area contributed by atoms with E-state index in [0.717, 1.165) is 19.3 Å². The van der Waals surface area contributed by atoms with Crippen molar-refractivity contribution in [1.82, 2.24) is 0 Å². The quantitative estimate of drug-likeness (QED) is 0.352. The number of carbonyl (C=O) groups is 1. The predicted molar refractivity (Wildman–Crippen MR) is 83.6 cm³/mol. The van der Waals surface area contributed by atoms with E-state index in [0.29, 0.717) is 37.8 Å². The van der Waals surface area contributed by atoms with E-state index in [1.807, 2.05) is 0 Å². The van der Waals surface area contributed by atoms with Crippen LogP contribution in [0.3, 0.4) is 0 Å². The summed E-state index contributed by atoms with van der Waals surface area (Å²) in [6.07, 6.45) is 5.06. The van der Waals surface area contributed by atoms with Crippen molar-refractivity contribution in [1.29, 1.82) is 0 Å². The van der Waals surface area contributed by atoms with Crippen LogP contribution in [0, 0.1) is 5.92 Å². The van der Waals surface area contributed by atoms with Gasteiger partial charge >= 0.3 is 0 Å². The summed E-state index contributed by atoms with van der Waals surface area (Å²) in [5.41, 5.74) is 0. The standard InChI is InChI=1S/C16H27ClO4/c1-4-10-20-15(12-6-8-13(18)9-7-12)11-21-16(19-3)14(17)5-2/h5,12,14-16H,2,4,6-11H2,1,3H3. The number of alkyl halides is 1. The number of Topliss-reactive ketones (excluding diaryl/α,β-unsaturated/α-hetero) is 1. The molecule has 0 aliphatic heterocycles. The molecule has 5 heteroatoms. The number of carbonyl (C=O) groups excluding carboxylic acids is 1. The maximum atomic E-state index is 11.4. The van der Waals surface area contributed by atoms with E-state index in [4.69, 9.17) is 25.8 Å². The normalized spacial score (nSPS) is 21.0. The Morgan fingerprint density at radius 2 is 2.05 bits per heavy atom. The Morgan fingerprint density at radius 1 is 1.38 bits per heavy atom. The molecule has 0 saturated heterocycles. The molecule has 3 atom stereocenters. The Labute approximate surface area is 132 Å². The summed E-state index contributed by atoms with van der Waals surface area (Å²) in [5.74, 6) is 0.716. The largest absolute Gasteiger partial charge is 0.376 e. The van der Waals surface area contributed by atoms with Gasteiger partial charge in [0.1, 0.15) is 11.2 Å². The smallest absolute Gasteiger partial charge is 0.177 e. The molecule has 4 nitrogen and oxygen atoms in total. The number of hydrogen-bond donors (Lipinski definition) is 0. The van der Waals surface area contributed by atoms with Gasteiger partial charge in [0, 0.05) is 26.6 Å². The van der Waals surface area contributed by atoms with Crippen molar-refractivity contribution in [2.45, 2.75) is 56.8 Å². The number of ether oxygens (including phenoxy) is 3. The third kappa shape index (κ3) is 6.47. The van der Waals surface area contributed by atoms with Crippen LogP contribution in [0.15, 0.2) is 12.7 Å². The van der Waals surface area contributed by atoms with E-state index in [-0.39, 0.29) is 6.10 Å². The molecule has 0 aromatic rings. The molecule has 21 heavy (non-hydrogen) atoms. The third-order valence-corrected chi connectivity index (χ3v) is 4.18. The molecule has 0 N–H and O–H groups in total. The first kappa shape index (κ1) is 18.6. The summed E-state index contributed by atoms with van der Waals surface area (Å²) in [5, 5.41) is -0.394. The van der Waals surface area contributed by atoms with Crippen LogP contribution < -0.4 is 0 Å². The van der Waals surface area contributed by atoms with Gasteiger partial charge in [0.15, 0.2) is 6.29 Å². The first-order chi connectivity index (χ1) is 10.1. The first-order valence-electron chi connectivity index (χ1n) is 7.66. The average molecular weight is 319 g/mol. The highest BCUT2D eigenvalue weighted by molar-refractivity contribution is 6.22. The molecule has 0 spiro atoms. The Morgan fingerprint density at radius 3 is 2.57 bits per heavy atom. The lowest BCUT2D eigenvalue weighted by Crippen LogP contribution is -2.36. The third-order valence-electron chi connectivity index (χ3n) is 3.79. The zero-order valence-corrected chi connectivity index (χ0v) is 13.8. The number of rotatable bonds is 10. The summed E-state index contributed by atoms with van der Waals surface area (Å²) in [4.78, 5) is 11.4. The van der Waals surface area contributed by atoms with Crippen LogP contribution in [-0.4, -0.2) is 43.9 Å². The Balaban J connectivity index is 2.52. The first-order valence-corrected chi connectivity index (χ1v) is 8.10. The molecule has 1 fully saturated rings. The van der Waals surface area contributed by atoms with Crippen molar-refractivity contribution in [3.8, 4) is 0 Å². The molecule has 1 saturated carbocycles. The minimum absolute atomic E-state index is 0.00983. The second-order valence-corrected chi connectivity index (χ2v) is 5.91. The molecule has 0 bridgehead atoms. The number of methoxy groups -OCH3 is 1. The van der Waals surface area contributed by atoms with Crippen molar-refractivity contribution in [2.75, 3.05) is 20.3 Å². The fourth-order valence-corrected chi connectivity index (χ4v) is 2.69. The SMILES string of the molecule is C=CC(Cl)C(OC)OCC(OCCC)C1CCC(=O)CC1. The maximum absolute atomic E-state index is 11.4. The summed E-state index contributed by atoms with van der Waals surface area (Å²) in [6.45, 7) is 6.84. The molecule has 122 valence electrons. The Hall–Kier alpha value is -0.420. The fraction of sp³-hybridized carbons (Fsp3) is 0.812. The average Bonchev–Trinajstić information content (AvgIpc) is 2.51. The van der Waals surface area contributed by atoms with E-state index in [2.05, 4.69) is 13.5 Å². The van der Waals surface area contributed by atoms with Crippen LogP contribution >= 0.6 is 11.6 Å². The summed E-state index contributed by atoms with van der Waals surface area (Å²) < 4.78 is 16.9. The van der Waals surface area contributed by atoms with E-state index < -0.39 is 11.7 Å². The lowest BCUT2D eigenvalue weighted by Gasteiger charge is -2.31. The predicted octanol–water partition coefficient (Wildman–Crippen LogP) is 3.32. The molecule has 1 aliphatic carbocycles. The second-order valence-electron chi connectivity index (χ2n) is 5.40. The van der Waals surface area contributed by atoms with Gasteiger partial charge in [-0.05, 0) is 25.2 Å². The van der Waals surface area contributed by atoms with E-state index in [1.54, 1.807) is 13.2 Å². The van der Waals surface area contributed by atoms with Gasteiger partial charge in [-0.3, -0.25) is 4.79 Å². The van der Waals surface area contributed by atoms with Crippen LogP contribution in [0.2, 0.25) is 0 Å². The molecule has 1 rings (SSSR count). The fourth-order valence-electron chi connectivity index (χ4n) is 2.51. The van der Waals surface area contributed by atoms with Gasteiger partial charge in [-0.15, -0.1) is 18.2 Å². The number of ketones is 1. The van der Waals surface area contributed by atoms with Gasteiger partial charge in [-0.25, -0.2) is 0 Å². The van der Waals surface area contributed by atoms with Gasteiger partial charge in [0.25, 0.3) is 0 Å². The van der Waals surface area contributed by atoms with Crippen LogP contribution in [0.4, 0.5) is 0 Å². The van der Waals surface area contributed by atoms with Crippen molar-refractivity contribution in [3.05, 3.63) is 12.7 Å². The zero-order valence-electron chi connectivity index (χ0n) is 13.1.